The Bertz CT molecular complexity index is 747. The third-order valence-corrected chi connectivity index (χ3v) is 3.05. The molecule has 3 rings (SSSR count). The fourth-order valence-corrected chi connectivity index (χ4v) is 1.98. The standard InChI is InChI=1S/C14H11F3N4/c15-14(16,17)11-3-1-10(2-4-11)9-20-12-13-19-6-8-21(13)7-5-18-12/h1-8H,9H2,(H,18,20). The van der Waals surface area contributed by atoms with Crippen LogP contribution in [0.5, 0.6) is 0 Å². The molecule has 0 aliphatic carbocycles. The van der Waals surface area contributed by atoms with Gasteiger partial charge in [-0.2, -0.15) is 13.2 Å². The molecule has 2 aromatic heterocycles. The summed E-state index contributed by atoms with van der Waals surface area (Å²) in [5.74, 6) is 0.586. The zero-order valence-corrected chi connectivity index (χ0v) is 10.8. The number of nitrogens with one attached hydrogen (secondary N) is 1. The number of nitrogens with zero attached hydrogens (tertiary/aromatic N) is 3. The Hall–Kier alpha value is -2.57. The van der Waals surface area contributed by atoms with Crippen LogP contribution in [0.1, 0.15) is 11.1 Å². The predicted octanol–water partition coefficient (Wildman–Crippen LogP) is 3.36. The lowest BCUT2D eigenvalue weighted by atomic mass is 10.1. The highest BCUT2D eigenvalue weighted by Crippen LogP contribution is 2.29. The van der Waals surface area contributed by atoms with Crippen molar-refractivity contribution in [2.24, 2.45) is 0 Å². The second-order valence-electron chi connectivity index (χ2n) is 4.48. The summed E-state index contributed by atoms with van der Waals surface area (Å²) < 4.78 is 39.2. The van der Waals surface area contributed by atoms with E-state index in [2.05, 4.69) is 15.3 Å². The van der Waals surface area contributed by atoms with Gasteiger partial charge in [0.2, 0.25) is 0 Å². The van der Waals surface area contributed by atoms with Gasteiger partial charge in [-0.05, 0) is 17.7 Å². The zero-order chi connectivity index (χ0) is 14.9. The molecule has 0 saturated carbocycles. The van der Waals surface area contributed by atoms with E-state index in [1.165, 1.54) is 12.1 Å². The fourth-order valence-electron chi connectivity index (χ4n) is 1.98. The number of benzene rings is 1. The first-order valence-electron chi connectivity index (χ1n) is 6.22. The number of imidazole rings is 1. The first kappa shape index (κ1) is 13.4. The smallest absolute Gasteiger partial charge is 0.363 e. The van der Waals surface area contributed by atoms with Gasteiger partial charge >= 0.3 is 6.18 Å². The molecule has 0 spiro atoms. The van der Waals surface area contributed by atoms with Gasteiger partial charge in [0.1, 0.15) is 0 Å². The molecule has 108 valence electrons. The number of hydrogen-bond acceptors (Lipinski definition) is 3. The third-order valence-electron chi connectivity index (χ3n) is 3.05. The minimum absolute atomic E-state index is 0.373. The van der Waals surface area contributed by atoms with Gasteiger partial charge in [-0.3, -0.25) is 0 Å². The molecule has 1 N–H and O–H groups in total. The molecule has 3 aromatic rings. The molecule has 1 aromatic carbocycles. The van der Waals surface area contributed by atoms with Crippen molar-refractivity contribution in [2.75, 3.05) is 5.32 Å². The van der Waals surface area contributed by atoms with Gasteiger partial charge in [0, 0.05) is 31.3 Å². The molecule has 4 nitrogen and oxygen atoms in total. The third kappa shape index (κ3) is 2.81. The molecule has 0 radical (unpaired) electrons. The van der Waals surface area contributed by atoms with Crippen molar-refractivity contribution in [1.82, 2.24) is 14.4 Å². The average Bonchev–Trinajstić information content (AvgIpc) is 2.93. The molecule has 0 bridgehead atoms. The highest BCUT2D eigenvalue weighted by molar-refractivity contribution is 5.62. The Kier molecular flexibility index (Phi) is 3.25. The van der Waals surface area contributed by atoms with Gasteiger partial charge in [0.25, 0.3) is 0 Å². The van der Waals surface area contributed by atoms with Crippen LogP contribution in [0.2, 0.25) is 0 Å². The molecular formula is C14H11F3N4. The number of alkyl halides is 3. The van der Waals surface area contributed by atoms with E-state index in [-0.39, 0.29) is 0 Å². The molecule has 0 atom stereocenters. The molecule has 7 heteroatoms. The predicted molar refractivity (Wildman–Crippen MR) is 71.8 cm³/mol. The van der Waals surface area contributed by atoms with Crippen LogP contribution in [0.3, 0.4) is 0 Å². The maximum absolute atomic E-state index is 12.5. The minimum atomic E-state index is -4.31. The van der Waals surface area contributed by atoms with Gasteiger partial charge in [-0.15, -0.1) is 0 Å². The Labute approximate surface area is 118 Å². The normalized spacial score (nSPS) is 11.8. The van der Waals surface area contributed by atoms with Crippen LogP contribution in [0.4, 0.5) is 19.0 Å². The Morgan fingerprint density at radius 1 is 1.00 bits per heavy atom. The summed E-state index contributed by atoms with van der Waals surface area (Å²) in [5, 5.41) is 3.07. The van der Waals surface area contributed by atoms with Crippen LogP contribution in [0, 0.1) is 0 Å². The number of halogens is 3. The minimum Gasteiger partial charge on any atom is -0.363 e. The fraction of sp³-hybridized carbons (Fsp3) is 0.143. The van der Waals surface area contributed by atoms with E-state index in [1.54, 1.807) is 24.8 Å². The quantitative estimate of drug-likeness (QED) is 0.805. The molecular weight excluding hydrogens is 281 g/mol. The topological polar surface area (TPSA) is 42.2 Å². The van der Waals surface area contributed by atoms with E-state index >= 15 is 0 Å². The second-order valence-corrected chi connectivity index (χ2v) is 4.48. The number of hydrogen-bond donors (Lipinski definition) is 1. The highest BCUT2D eigenvalue weighted by atomic mass is 19.4. The summed E-state index contributed by atoms with van der Waals surface area (Å²) in [4.78, 5) is 8.34. The second kappa shape index (κ2) is 5.08. The zero-order valence-electron chi connectivity index (χ0n) is 10.8. The molecule has 2 heterocycles. The maximum Gasteiger partial charge on any atom is 0.416 e. The molecule has 0 aliphatic rings. The molecule has 0 aliphatic heterocycles. The van der Waals surface area contributed by atoms with Gasteiger partial charge in [-0.25, -0.2) is 9.97 Å². The summed E-state index contributed by atoms with van der Waals surface area (Å²) in [7, 11) is 0. The van der Waals surface area contributed by atoms with Crippen LogP contribution >= 0.6 is 0 Å². The Balaban J connectivity index is 1.74. The molecule has 0 fully saturated rings. The van der Waals surface area contributed by atoms with Crippen molar-refractivity contribution in [2.45, 2.75) is 12.7 Å². The lowest BCUT2D eigenvalue weighted by molar-refractivity contribution is -0.137. The summed E-state index contributed by atoms with van der Waals surface area (Å²) in [6, 6.07) is 5.03. The largest absolute Gasteiger partial charge is 0.416 e. The van der Waals surface area contributed by atoms with Crippen molar-refractivity contribution in [3.63, 3.8) is 0 Å². The summed E-state index contributed by atoms with van der Waals surface area (Å²) >= 11 is 0. The van der Waals surface area contributed by atoms with Crippen LogP contribution in [0.25, 0.3) is 5.65 Å². The van der Waals surface area contributed by atoms with E-state index in [4.69, 9.17) is 0 Å². The van der Waals surface area contributed by atoms with Crippen LogP contribution < -0.4 is 5.32 Å². The van der Waals surface area contributed by atoms with Gasteiger partial charge < -0.3 is 9.72 Å². The van der Waals surface area contributed by atoms with Crippen molar-refractivity contribution >= 4 is 11.5 Å². The SMILES string of the molecule is FC(F)(F)c1ccc(CNc2nccn3ccnc23)cc1. The summed E-state index contributed by atoms with van der Waals surface area (Å²) in [6.45, 7) is 0.373. The van der Waals surface area contributed by atoms with E-state index in [1.807, 2.05) is 4.40 Å². The van der Waals surface area contributed by atoms with Crippen LogP contribution in [-0.2, 0) is 12.7 Å². The monoisotopic (exact) mass is 292 g/mol. The van der Waals surface area contributed by atoms with E-state index < -0.39 is 11.7 Å². The Morgan fingerprint density at radius 3 is 2.33 bits per heavy atom. The first-order valence-corrected chi connectivity index (χ1v) is 6.22. The van der Waals surface area contributed by atoms with E-state index in [0.717, 1.165) is 17.7 Å². The molecule has 0 amide bonds. The van der Waals surface area contributed by atoms with Crippen LogP contribution in [-0.4, -0.2) is 14.4 Å². The summed E-state index contributed by atoms with van der Waals surface area (Å²) in [5.41, 5.74) is 0.752. The molecule has 0 saturated heterocycles. The van der Waals surface area contributed by atoms with Gasteiger partial charge in [0.15, 0.2) is 11.5 Å². The lowest BCUT2D eigenvalue weighted by Gasteiger charge is -2.09. The lowest BCUT2D eigenvalue weighted by Crippen LogP contribution is -2.06. The number of fused-ring (bicyclic) bond motifs is 1. The van der Waals surface area contributed by atoms with E-state index in [0.29, 0.717) is 18.0 Å². The summed E-state index contributed by atoms with van der Waals surface area (Å²) in [6.07, 6.45) is 2.53. The molecule has 0 unspecified atom stereocenters. The van der Waals surface area contributed by atoms with Crippen molar-refractivity contribution in [1.29, 1.82) is 0 Å². The molecule has 21 heavy (non-hydrogen) atoms. The average molecular weight is 292 g/mol. The van der Waals surface area contributed by atoms with E-state index in [9.17, 15) is 13.2 Å². The maximum atomic E-state index is 12.5. The Morgan fingerprint density at radius 2 is 1.67 bits per heavy atom. The van der Waals surface area contributed by atoms with Crippen molar-refractivity contribution in [3.8, 4) is 0 Å². The van der Waals surface area contributed by atoms with Gasteiger partial charge in [-0.1, -0.05) is 12.1 Å². The number of anilines is 1. The first-order chi connectivity index (χ1) is 10.0. The van der Waals surface area contributed by atoms with Gasteiger partial charge in [0.05, 0.1) is 5.56 Å². The van der Waals surface area contributed by atoms with Crippen molar-refractivity contribution in [3.05, 3.63) is 60.2 Å². The number of aromatic nitrogens is 3. The van der Waals surface area contributed by atoms with Crippen molar-refractivity contribution < 1.29 is 13.2 Å². The van der Waals surface area contributed by atoms with Crippen LogP contribution in [0.15, 0.2) is 49.1 Å². The highest BCUT2D eigenvalue weighted by Gasteiger charge is 2.29. The number of rotatable bonds is 3.